The average molecular weight is 283 g/mol. The molecule has 1 rings (SSSR count). The quantitative estimate of drug-likeness (QED) is 0.749. The van der Waals surface area contributed by atoms with Gasteiger partial charge in [0.15, 0.2) is 0 Å². The van der Waals surface area contributed by atoms with Crippen LogP contribution >= 0.6 is 0 Å². The Morgan fingerprint density at radius 3 is 2.05 bits per heavy atom. The highest BCUT2D eigenvalue weighted by atomic mass is 16.3. The molecule has 3 heteroatoms. The fraction of sp³-hybridized carbons (Fsp3) is 0.941. The van der Waals surface area contributed by atoms with Crippen LogP contribution < -0.4 is 5.32 Å². The maximum absolute atomic E-state index is 12.2. The van der Waals surface area contributed by atoms with Crippen LogP contribution in [0.25, 0.3) is 0 Å². The van der Waals surface area contributed by atoms with Gasteiger partial charge < -0.3 is 10.4 Å². The van der Waals surface area contributed by atoms with Crippen molar-refractivity contribution >= 4 is 5.91 Å². The van der Waals surface area contributed by atoms with Gasteiger partial charge in [0.2, 0.25) is 5.91 Å². The maximum atomic E-state index is 12.2. The summed E-state index contributed by atoms with van der Waals surface area (Å²) in [5, 5.41) is 13.6. The van der Waals surface area contributed by atoms with Crippen molar-refractivity contribution in [2.75, 3.05) is 6.54 Å². The van der Waals surface area contributed by atoms with E-state index in [-0.39, 0.29) is 11.8 Å². The number of hydrogen-bond acceptors (Lipinski definition) is 2. The highest BCUT2D eigenvalue weighted by molar-refractivity contribution is 5.78. The zero-order valence-corrected chi connectivity index (χ0v) is 13.8. The molecule has 1 saturated carbocycles. The predicted octanol–water partition coefficient (Wildman–Crippen LogP) is 3.65. The van der Waals surface area contributed by atoms with Crippen molar-refractivity contribution in [3.05, 3.63) is 0 Å². The second-order valence-corrected chi connectivity index (χ2v) is 7.38. The Labute approximate surface area is 124 Å². The van der Waals surface area contributed by atoms with Gasteiger partial charge in [-0.2, -0.15) is 0 Å². The van der Waals surface area contributed by atoms with Crippen LogP contribution in [0.4, 0.5) is 0 Å². The normalized spacial score (nSPS) is 20.9. The van der Waals surface area contributed by atoms with Crippen molar-refractivity contribution in [1.29, 1.82) is 0 Å². The van der Waals surface area contributed by atoms with Crippen LogP contribution in [0.3, 0.4) is 0 Å². The number of aliphatic hydroxyl groups is 1. The third kappa shape index (κ3) is 5.43. The van der Waals surface area contributed by atoms with E-state index in [0.717, 1.165) is 51.4 Å². The van der Waals surface area contributed by atoms with Crippen LogP contribution in [0.2, 0.25) is 0 Å². The first-order chi connectivity index (χ1) is 9.32. The number of carbonyl (C=O) groups excluding carboxylic acids is 1. The number of carbonyl (C=O) groups is 1. The van der Waals surface area contributed by atoms with Gasteiger partial charge in [-0.1, -0.05) is 40.5 Å². The van der Waals surface area contributed by atoms with Crippen molar-refractivity contribution < 1.29 is 9.90 Å². The maximum Gasteiger partial charge on any atom is 0.223 e. The summed E-state index contributed by atoms with van der Waals surface area (Å²) in [5.74, 6) is 0.251. The van der Waals surface area contributed by atoms with Crippen molar-refractivity contribution in [3.8, 4) is 0 Å². The molecular formula is C17H33NO2. The molecule has 0 aliphatic heterocycles. The van der Waals surface area contributed by atoms with Crippen molar-refractivity contribution in [1.82, 2.24) is 5.32 Å². The largest absolute Gasteiger partial charge is 0.388 e. The first kappa shape index (κ1) is 17.5. The van der Waals surface area contributed by atoms with Gasteiger partial charge in [0.1, 0.15) is 0 Å². The van der Waals surface area contributed by atoms with Gasteiger partial charge in [0.25, 0.3) is 0 Å². The molecule has 118 valence electrons. The second kappa shape index (κ2) is 7.44. The first-order valence-corrected chi connectivity index (χ1v) is 8.32. The van der Waals surface area contributed by atoms with Crippen molar-refractivity contribution in [2.24, 2.45) is 11.3 Å². The molecule has 0 aromatic carbocycles. The van der Waals surface area contributed by atoms with E-state index in [1.807, 2.05) is 0 Å². The molecule has 0 radical (unpaired) electrons. The predicted molar refractivity (Wildman–Crippen MR) is 83.5 cm³/mol. The lowest BCUT2D eigenvalue weighted by Gasteiger charge is -2.40. The monoisotopic (exact) mass is 283 g/mol. The molecule has 1 aliphatic carbocycles. The van der Waals surface area contributed by atoms with Gasteiger partial charge in [-0.3, -0.25) is 4.79 Å². The van der Waals surface area contributed by atoms with Crippen LogP contribution in [0.15, 0.2) is 0 Å². The summed E-state index contributed by atoms with van der Waals surface area (Å²) in [6, 6.07) is 0. The molecule has 20 heavy (non-hydrogen) atoms. The molecule has 1 aliphatic rings. The number of hydrogen-bond donors (Lipinski definition) is 2. The lowest BCUT2D eigenvalue weighted by Crippen LogP contribution is -2.47. The van der Waals surface area contributed by atoms with E-state index in [1.54, 1.807) is 0 Å². The fourth-order valence-corrected chi connectivity index (χ4v) is 3.07. The smallest absolute Gasteiger partial charge is 0.223 e. The lowest BCUT2D eigenvalue weighted by molar-refractivity contribution is -0.127. The van der Waals surface area contributed by atoms with E-state index in [0.29, 0.717) is 12.0 Å². The van der Waals surface area contributed by atoms with Crippen LogP contribution in [0.1, 0.15) is 79.1 Å². The number of nitrogens with one attached hydrogen (secondary N) is 1. The molecule has 0 heterocycles. The molecule has 0 saturated heterocycles. The SMILES string of the molecule is CCCC(CCC)C(=O)NCC1(O)CCC(C)(C)CC1. The molecule has 2 N–H and O–H groups in total. The van der Waals surface area contributed by atoms with Gasteiger partial charge in [-0.05, 0) is 43.9 Å². The van der Waals surface area contributed by atoms with E-state index in [9.17, 15) is 9.90 Å². The lowest BCUT2D eigenvalue weighted by atomic mass is 9.71. The van der Waals surface area contributed by atoms with Crippen LogP contribution in [0.5, 0.6) is 0 Å². The minimum atomic E-state index is -0.686. The zero-order chi connectivity index (χ0) is 15.2. The van der Waals surface area contributed by atoms with Crippen molar-refractivity contribution in [2.45, 2.75) is 84.7 Å². The summed E-state index contributed by atoms with van der Waals surface area (Å²) < 4.78 is 0. The molecule has 0 bridgehead atoms. The minimum absolute atomic E-state index is 0.119. The minimum Gasteiger partial charge on any atom is -0.388 e. The molecule has 0 unspecified atom stereocenters. The Hall–Kier alpha value is -0.570. The highest BCUT2D eigenvalue weighted by Crippen LogP contribution is 2.39. The molecule has 0 aromatic rings. The van der Waals surface area contributed by atoms with Gasteiger partial charge in [0.05, 0.1) is 5.60 Å². The molecule has 0 aromatic heterocycles. The van der Waals surface area contributed by atoms with Crippen LogP contribution in [0, 0.1) is 11.3 Å². The molecule has 0 atom stereocenters. The van der Waals surface area contributed by atoms with Gasteiger partial charge in [0, 0.05) is 12.5 Å². The van der Waals surface area contributed by atoms with Gasteiger partial charge >= 0.3 is 0 Å². The third-order valence-electron chi connectivity index (χ3n) is 4.77. The standard InChI is InChI=1S/C17H33NO2/c1-5-7-14(8-6-2)15(19)18-13-17(20)11-9-16(3,4)10-12-17/h14,20H,5-13H2,1-4H3,(H,18,19). The van der Waals surface area contributed by atoms with E-state index in [2.05, 4.69) is 33.0 Å². The molecule has 1 fully saturated rings. The van der Waals surface area contributed by atoms with Crippen LogP contribution in [-0.2, 0) is 4.79 Å². The zero-order valence-electron chi connectivity index (χ0n) is 13.8. The van der Waals surface area contributed by atoms with Crippen LogP contribution in [-0.4, -0.2) is 23.2 Å². The van der Waals surface area contributed by atoms with Gasteiger partial charge in [-0.25, -0.2) is 0 Å². The Balaban J connectivity index is 2.43. The summed E-state index contributed by atoms with van der Waals surface area (Å²) in [5.41, 5.74) is -0.350. The Bertz CT molecular complexity index is 296. The first-order valence-electron chi connectivity index (χ1n) is 8.32. The van der Waals surface area contributed by atoms with Gasteiger partial charge in [-0.15, -0.1) is 0 Å². The summed E-state index contributed by atoms with van der Waals surface area (Å²) in [4.78, 5) is 12.2. The number of amides is 1. The fourth-order valence-electron chi connectivity index (χ4n) is 3.07. The van der Waals surface area contributed by atoms with E-state index >= 15 is 0 Å². The average Bonchev–Trinajstić information content (AvgIpc) is 2.40. The summed E-state index contributed by atoms with van der Waals surface area (Å²) in [6.07, 6.45) is 7.64. The van der Waals surface area contributed by atoms with E-state index in [4.69, 9.17) is 0 Å². The Morgan fingerprint density at radius 1 is 1.10 bits per heavy atom. The molecular weight excluding hydrogens is 250 g/mol. The van der Waals surface area contributed by atoms with E-state index in [1.165, 1.54) is 0 Å². The summed E-state index contributed by atoms with van der Waals surface area (Å²) in [7, 11) is 0. The second-order valence-electron chi connectivity index (χ2n) is 7.38. The molecule has 0 spiro atoms. The Morgan fingerprint density at radius 2 is 1.60 bits per heavy atom. The summed E-state index contributed by atoms with van der Waals surface area (Å²) in [6.45, 7) is 9.17. The highest BCUT2D eigenvalue weighted by Gasteiger charge is 2.37. The van der Waals surface area contributed by atoms with Crippen molar-refractivity contribution in [3.63, 3.8) is 0 Å². The molecule has 3 nitrogen and oxygen atoms in total. The molecule has 1 amide bonds. The summed E-state index contributed by atoms with van der Waals surface area (Å²) >= 11 is 0. The third-order valence-corrected chi connectivity index (χ3v) is 4.77. The number of rotatable bonds is 7. The van der Waals surface area contributed by atoms with E-state index < -0.39 is 5.60 Å². The topological polar surface area (TPSA) is 49.3 Å². The Kier molecular flexibility index (Phi) is 6.50.